The molecule has 0 N–H and O–H groups in total. The molecule has 1 aromatic rings. The molecule has 0 saturated carbocycles. The van der Waals surface area contributed by atoms with Gasteiger partial charge in [-0.1, -0.05) is 6.92 Å². The van der Waals surface area contributed by atoms with Crippen LogP contribution in [0.4, 0.5) is 13.2 Å². The van der Waals surface area contributed by atoms with Gasteiger partial charge < -0.3 is 0 Å². The van der Waals surface area contributed by atoms with Gasteiger partial charge in [0.05, 0.1) is 5.56 Å². The molecule has 0 amide bonds. The minimum absolute atomic E-state index is 0.577. The summed E-state index contributed by atoms with van der Waals surface area (Å²) >= 11 is 1.57. The van der Waals surface area contributed by atoms with Crippen LogP contribution in [0.1, 0.15) is 18.1 Å². The predicted molar refractivity (Wildman–Crippen MR) is 51.1 cm³/mol. The van der Waals surface area contributed by atoms with Crippen molar-refractivity contribution in [2.75, 3.05) is 5.75 Å². The van der Waals surface area contributed by atoms with Gasteiger partial charge in [0.15, 0.2) is 0 Å². The summed E-state index contributed by atoms with van der Waals surface area (Å²) < 4.78 is 36.7. The predicted octanol–water partition coefficient (Wildman–Crippen LogP) is 3.35. The molecule has 0 bridgehead atoms. The van der Waals surface area contributed by atoms with Crippen molar-refractivity contribution < 1.29 is 13.2 Å². The Balaban J connectivity index is 2.79. The van der Waals surface area contributed by atoms with Crippen LogP contribution in [0.15, 0.2) is 18.5 Å². The van der Waals surface area contributed by atoms with E-state index in [0.29, 0.717) is 11.3 Å². The average molecular weight is 221 g/mol. The Labute approximate surface area is 84.7 Å². The fourth-order valence-electron chi connectivity index (χ4n) is 0.941. The Hall–Kier alpha value is -0.710. The molecule has 0 aliphatic rings. The third kappa shape index (κ3) is 3.21. The average Bonchev–Trinajstić information content (AvgIpc) is 2.14. The first-order chi connectivity index (χ1) is 6.54. The Kier molecular flexibility index (Phi) is 3.80. The first-order valence-corrected chi connectivity index (χ1v) is 5.28. The molecule has 14 heavy (non-hydrogen) atoms. The summed E-state index contributed by atoms with van der Waals surface area (Å²) in [5, 5.41) is 0. The van der Waals surface area contributed by atoms with Crippen LogP contribution in [0.25, 0.3) is 0 Å². The zero-order chi connectivity index (χ0) is 10.6. The van der Waals surface area contributed by atoms with Gasteiger partial charge in [0.1, 0.15) is 0 Å². The number of hydrogen-bond acceptors (Lipinski definition) is 2. The Morgan fingerprint density at radius 2 is 2.07 bits per heavy atom. The second-order valence-electron chi connectivity index (χ2n) is 2.72. The van der Waals surface area contributed by atoms with Crippen molar-refractivity contribution in [1.82, 2.24) is 4.98 Å². The zero-order valence-electron chi connectivity index (χ0n) is 7.64. The van der Waals surface area contributed by atoms with Gasteiger partial charge in [-0.15, -0.1) is 0 Å². The topological polar surface area (TPSA) is 12.9 Å². The van der Waals surface area contributed by atoms with Crippen LogP contribution >= 0.6 is 11.8 Å². The van der Waals surface area contributed by atoms with Crippen molar-refractivity contribution in [2.24, 2.45) is 0 Å². The van der Waals surface area contributed by atoms with Crippen LogP contribution in [0.2, 0.25) is 0 Å². The number of pyridine rings is 1. The lowest BCUT2D eigenvalue weighted by atomic mass is 10.2. The molecule has 1 nitrogen and oxygen atoms in total. The van der Waals surface area contributed by atoms with E-state index in [-0.39, 0.29) is 0 Å². The molecule has 0 aliphatic carbocycles. The molecule has 78 valence electrons. The minimum Gasteiger partial charge on any atom is -0.264 e. The van der Waals surface area contributed by atoms with E-state index < -0.39 is 11.7 Å². The normalized spacial score (nSPS) is 11.7. The highest BCUT2D eigenvalue weighted by molar-refractivity contribution is 7.98. The van der Waals surface area contributed by atoms with E-state index in [1.165, 1.54) is 6.20 Å². The summed E-state index contributed by atoms with van der Waals surface area (Å²) in [5.74, 6) is 1.46. The van der Waals surface area contributed by atoms with Crippen LogP contribution < -0.4 is 0 Å². The van der Waals surface area contributed by atoms with Crippen LogP contribution in [0.5, 0.6) is 0 Å². The molecule has 0 spiro atoms. The van der Waals surface area contributed by atoms with Gasteiger partial charge in [-0.25, -0.2) is 0 Å². The fraction of sp³-hybridized carbons (Fsp3) is 0.444. The number of rotatable bonds is 3. The Morgan fingerprint density at radius 1 is 1.36 bits per heavy atom. The number of thioether (sulfide) groups is 1. The number of halogens is 3. The summed E-state index contributed by atoms with van der Waals surface area (Å²) in [7, 11) is 0. The summed E-state index contributed by atoms with van der Waals surface area (Å²) in [6.45, 7) is 1.96. The minimum atomic E-state index is -4.29. The molecule has 0 saturated heterocycles. The van der Waals surface area contributed by atoms with E-state index in [1.54, 1.807) is 11.8 Å². The number of nitrogens with zero attached hydrogens (tertiary/aromatic N) is 1. The van der Waals surface area contributed by atoms with Crippen LogP contribution in [0.3, 0.4) is 0 Å². The smallest absolute Gasteiger partial charge is 0.264 e. The summed E-state index contributed by atoms with van der Waals surface area (Å²) in [4.78, 5) is 3.57. The summed E-state index contributed by atoms with van der Waals surface area (Å²) in [5.41, 5.74) is -0.0571. The van der Waals surface area contributed by atoms with Crippen molar-refractivity contribution in [2.45, 2.75) is 18.9 Å². The number of aromatic nitrogens is 1. The first kappa shape index (κ1) is 11.4. The maximum atomic E-state index is 12.2. The molecular formula is C9H10F3NS. The highest BCUT2D eigenvalue weighted by Gasteiger charge is 2.30. The molecule has 0 radical (unpaired) electrons. The Bertz CT molecular complexity index is 298. The van der Waals surface area contributed by atoms with Crippen LogP contribution in [-0.2, 0) is 11.9 Å². The molecule has 0 unspecified atom stereocenters. The van der Waals surface area contributed by atoms with Gasteiger partial charge in [-0.3, -0.25) is 4.98 Å². The maximum absolute atomic E-state index is 12.2. The van der Waals surface area contributed by atoms with Crippen LogP contribution in [-0.4, -0.2) is 10.7 Å². The van der Waals surface area contributed by atoms with Gasteiger partial charge in [0.2, 0.25) is 0 Å². The molecule has 0 fully saturated rings. The van der Waals surface area contributed by atoms with E-state index in [4.69, 9.17) is 0 Å². The lowest BCUT2D eigenvalue weighted by Crippen LogP contribution is -2.05. The third-order valence-electron chi connectivity index (χ3n) is 1.60. The summed E-state index contributed by atoms with van der Waals surface area (Å²) in [6.07, 6.45) is -1.97. The standard InChI is InChI=1S/C9H10F3NS/c1-2-14-6-7-3-8(5-13-4-7)9(10,11)12/h3-5H,2,6H2,1H3. The second kappa shape index (κ2) is 4.68. The Morgan fingerprint density at radius 3 is 2.64 bits per heavy atom. The lowest BCUT2D eigenvalue weighted by Gasteiger charge is -2.07. The molecule has 5 heteroatoms. The number of hydrogen-bond donors (Lipinski definition) is 0. The van der Waals surface area contributed by atoms with Crippen molar-refractivity contribution in [3.8, 4) is 0 Å². The quantitative estimate of drug-likeness (QED) is 0.776. The second-order valence-corrected chi connectivity index (χ2v) is 3.99. The van der Waals surface area contributed by atoms with E-state index in [2.05, 4.69) is 4.98 Å². The number of alkyl halides is 3. The van der Waals surface area contributed by atoms with E-state index >= 15 is 0 Å². The van der Waals surface area contributed by atoms with Gasteiger partial charge in [0.25, 0.3) is 0 Å². The van der Waals surface area contributed by atoms with E-state index in [9.17, 15) is 13.2 Å². The highest BCUT2D eigenvalue weighted by Crippen LogP contribution is 2.29. The van der Waals surface area contributed by atoms with E-state index in [1.807, 2.05) is 6.92 Å². The molecular weight excluding hydrogens is 211 g/mol. The monoisotopic (exact) mass is 221 g/mol. The molecule has 0 atom stereocenters. The van der Waals surface area contributed by atoms with Gasteiger partial charge in [0, 0.05) is 18.1 Å². The fourth-order valence-corrected chi connectivity index (χ4v) is 1.54. The van der Waals surface area contributed by atoms with Crippen molar-refractivity contribution in [3.05, 3.63) is 29.6 Å². The molecule has 1 rings (SSSR count). The van der Waals surface area contributed by atoms with E-state index in [0.717, 1.165) is 18.0 Å². The molecule has 1 aromatic heterocycles. The summed E-state index contributed by atoms with van der Waals surface area (Å²) in [6, 6.07) is 1.15. The van der Waals surface area contributed by atoms with Gasteiger partial charge in [-0.05, 0) is 17.4 Å². The molecule has 0 aromatic carbocycles. The maximum Gasteiger partial charge on any atom is 0.417 e. The SMILES string of the molecule is CCSCc1cncc(C(F)(F)F)c1. The van der Waals surface area contributed by atoms with Crippen molar-refractivity contribution >= 4 is 11.8 Å². The third-order valence-corrected chi connectivity index (χ3v) is 2.54. The van der Waals surface area contributed by atoms with Gasteiger partial charge in [-0.2, -0.15) is 24.9 Å². The largest absolute Gasteiger partial charge is 0.417 e. The van der Waals surface area contributed by atoms with Crippen molar-refractivity contribution in [1.29, 1.82) is 0 Å². The molecule has 1 heterocycles. The van der Waals surface area contributed by atoms with Gasteiger partial charge >= 0.3 is 6.18 Å². The zero-order valence-corrected chi connectivity index (χ0v) is 8.45. The highest BCUT2D eigenvalue weighted by atomic mass is 32.2. The molecule has 0 aliphatic heterocycles. The van der Waals surface area contributed by atoms with Crippen molar-refractivity contribution in [3.63, 3.8) is 0 Å². The van der Waals surface area contributed by atoms with Crippen LogP contribution in [0, 0.1) is 0 Å². The first-order valence-electron chi connectivity index (χ1n) is 4.13. The lowest BCUT2D eigenvalue weighted by molar-refractivity contribution is -0.137.